The van der Waals surface area contributed by atoms with Gasteiger partial charge >= 0.3 is 0 Å². The largest absolute Gasteiger partial charge is 0.377 e. The fraction of sp³-hybridized carbons (Fsp3) is 0.625. The molecule has 1 aromatic carbocycles. The Balaban J connectivity index is 2.23. The number of hydrogen-bond donors (Lipinski definition) is 2. The third kappa shape index (κ3) is 3.83. The SMILES string of the molecule is COC1(C(Cc2cc(Br)ccc2F)NN)CCCC(C)C1. The molecule has 1 aliphatic rings. The van der Waals surface area contributed by atoms with Gasteiger partial charge in [0.1, 0.15) is 5.82 Å². The summed E-state index contributed by atoms with van der Waals surface area (Å²) >= 11 is 3.39. The highest BCUT2D eigenvalue weighted by atomic mass is 79.9. The Morgan fingerprint density at radius 1 is 1.57 bits per heavy atom. The number of hydrogen-bond acceptors (Lipinski definition) is 3. The van der Waals surface area contributed by atoms with Gasteiger partial charge in [0.15, 0.2) is 0 Å². The van der Waals surface area contributed by atoms with E-state index < -0.39 is 0 Å². The van der Waals surface area contributed by atoms with Crippen LogP contribution in [0.25, 0.3) is 0 Å². The van der Waals surface area contributed by atoms with E-state index in [1.54, 1.807) is 13.2 Å². The first-order valence-electron chi connectivity index (χ1n) is 7.46. The summed E-state index contributed by atoms with van der Waals surface area (Å²) < 4.78 is 20.7. The Labute approximate surface area is 134 Å². The molecule has 0 amide bonds. The number of halogens is 2. The molecule has 1 fully saturated rings. The van der Waals surface area contributed by atoms with Crippen LogP contribution in [-0.2, 0) is 11.2 Å². The Morgan fingerprint density at radius 2 is 2.33 bits per heavy atom. The lowest BCUT2D eigenvalue weighted by molar-refractivity contribution is -0.0792. The summed E-state index contributed by atoms with van der Waals surface area (Å²) in [5.41, 5.74) is 3.21. The molecule has 3 atom stereocenters. The van der Waals surface area contributed by atoms with Crippen LogP contribution in [0.1, 0.15) is 38.2 Å². The lowest BCUT2D eigenvalue weighted by Crippen LogP contribution is -2.57. The lowest BCUT2D eigenvalue weighted by atomic mass is 9.73. The number of hydrazine groups is 1. The molecule has 0 aliphatic heterocycles. The molecule has 0 heterocycles. The van der Waals surface area contributed by atoms with Crippen LogP contribution >= 0.6 is 15.9 Å². The highest BCUT2D eigenvalue weighted by molar-refractivity contribution is 9.10. The van der Waals surface area contributed by atoms with Crippen molar-refractivity contribution < 1.29 is 9.13 Å². The molecule has 118 valence electrons. The summed E-state index contributed by atoms with van der Waals surface area (Å²) in [5.74, 6) is 6.18. The van der Waals surface area contributed by atoms with E-state index in [2.05, 4.69) is 28.3 Å². The van der Waals surface area contributed by atoms with Gasteiger partial charge in [-0.05, 0) is 48.9 Å². The molecule has 3 unspecified atom stereocenters. The molecular weight excluding hydrogens is 335 g/mol. The quantitative estimate of drug-likeness (QED) is 0.624. The Bertz CT molecular complexity index is 485. The van der Waals surface area contributed by atoms with Crippen LogP contribution in [-0.4, -0.2) is 18.8 Å². The van der Waals surface area contributed by atoms with Crippen molar-refractivity contribution in [3.05, 3.63) is 34.1 Å². The average molecular weight is 359 g/mol. The number of nitrogens with one attached hydrogen (secondary N) is 1. The van der Waals surface area contributed by atoms with Gasteiger partial charge in [-0.25, -0.2) is 4.39 Å². The van der Waals surface area contributed by atoms with Gasteiger partial charge in [-0.1, -0.05) is 35.7 Å². The highest BCUT2D eigenvalue weighted by Crippen LogP contribution is 2.38. The molecule has 1 aliphatic carbocycles. The lowest BCUT2D eigenvalue weighted by Gasteiger charge is -2.44. The van der Waals surface area contributed by atoms with Crippen LogP contribution in [0.5, 0.6) is 0 Å². The van der Waals surface area contributed by atoms with Gasteiger partial charge in [0.05, 0.1) is 11.6 Å². The third-order valence-electron chi connectivity index (χ3n) is 4.67. The van der Waals surface area contributed by atoms with Crippen LogP contribution < -0.4 is 11.3 Å². The van der Waals surface area contributed by atoms with Crippen molar-refractivity contribution in [2.75, 3.05) is 7.11 Å². The maximum absolute atomic E-state index is 14.0. The van der Waals surface area contributed by atoms with Crippen LogP contribution in [0.3, 0.4) is 0 Å². The molecule has 1 aromatic rings. The first-order valence-corrected chi connectivity index (χ1v) is 8.25. The molecule has 3 nitrogen and oxygen atoms in total. The van der Waals surface area contributed by atoms with E-state index in [1.807, 2.05) is 6.07 Å². The highest BCUT2D eigenvalue weighted by Gasteiger charge is 2.42. The van der Waals surface area contributed by atoms with Crippen molar-refractivity contribution in [1.29, 1.82) is 0 Å². The normalized spacial score (nSPS) is 27.6. The molecule has 0 aromatic heterocycles. The minimum Gasteiger partial charge on any atom is -0.377 e. The van der Waals surface area contributed by atoms with Crippen molar-refractivity contribution in [2.45, 2.75) is 50.7 Å². The molecule has 0 spiro atoms. The summed E-state index contributed by atoms with van der Waals surface area (Å²) in [6.07, 6.45) is 4.76. The third-order valence-corrected chi connectivity index (χ3v) is 5.16. The Kier molecular flexibility index (Phi) is 5.77. The monoisotopic (exact) mass is 358 g/mol. The fourth-order valence-electron chi connectivity index (χ4n) is 3.50. The molecule has 21 heavy (non-hydrogen) atoms. The minimum atomic E-state index is -0.318. The van der Waals surface area contributed by atoms with E-state index in [-0.39, 0.29) is 17.5 Å². The van der Waals surface area contributed by atoms with Crippen molar-refractivity contribution in [2.24, 2.45) is 11.8 Å². The Hall–Kier alpha value is -0.490. The first-order chi connectivity index (χ1) is 10.0. The molecule has 1 saturated carbocycles. The molecule has 0 saturated heterocycles. The van der Waals surface area contributed by atoms with Gasteiger partial charge < -0.3 is 4.74 Å². The number of rotatable bonds is 5. The average Bonchev–Trinajstić information content (AvgIpc) is 2.48. The van der Waals surface area contributed by atoms with Gasteiger partial charge in [0.25, 0.3) is 0 Å². The summed E-state index contributed by atoms with van der Waals surface area (Å²) in [5, 5.41) is 0. The predicted molar refractivity (Wildman–Crippen MR) is 86.3 cm³/mol. The number of nitrogens with two attached hydrogens (primary N) is 1. The summed E-state index contributed by atoms with van der Waals surface area (Å²) in [6.45, 7) is 2.24. The smallest absolute Gasteiger partial charge is 0.126 e. The van der Waals surface area contributed by atoms with E-state index >= 15 is 0 Å². The van der Waals surface area contributed by atoms with Crippen molar-refractivity contribution in [3.8, 4) is 0 Å². The number of benzene rings is 1. The van der Waals surface area contributed by atoms with Gasteiger partial charge in [0.2, 0.25) is 0 Å². The predicted octanol–water partition coefficient (Wildman–Crippen LogP) is 3.56. The molecule has 2 rings (SSSR count). The van der Waals surface area contributed by atoms with Crippen LogP contribution in [0, 0.1) is 11.7 Å². The zero-order valence-corrected chi connectivity index (χ0v) is 14.2. The van der Waals surface area contributed by atoms with E-state index in [0.717, 1.165) is 23.7 Å². The van der Waals surface area contributed by atoms with Gasteiger partial charge in [0, 0.05) is 11.6 Å². The maximum Gasteiger partial charge on any atom is 0.126 e. The molecule has 0 bridgehead atoms. The zero-order chi connectivity index (χ0) is 15.5. The maximum atomic E-state index is 14.0. The van der Waals surface area contributed by atoms with Gasteiger partial charge in [-0.3, -0.25) is 11.3 Å². The van der Waals surface area contributed by atoms with Crippen molar-refractivity contribution in [3.63, 3.8) is 0 Å². The van der Waals surface area contributed by atoms with Crippen molar-refractivity contribution >= 4 is 15.9 Å². The second-order valence-corrected chi connectivity index (χ2v) is 7.05. The van der Waals surface area contributed by atoms with E-state index in [1.165, 1.54) is 12.5 Å². The topological polar surface area (TPSA) is 47.3 Å². The zero-order valence-electron chi connectivity index (χ0n) is 12.7. The summed E-state index contributed by atoms with van der Waals surface area (Å²) in [4.78, 5) is 0. The molecular formula is C16H24BrFN2O. The minimum absolute atomic E-state index is 0.103. The van der Waals surface area contributed by atoms with Gasteiger partial charge in [-0.15, -0.1) is 0 Å². The Morgan fingerprint density at radius 3 is 2.95 bits per heavy atom. The number of ether oxygens (including phenoxy) is 1. The number of methoxy groups -OCH3 is 1. The molecule has 5 heteroatoms. The van der Waals surface area contributed by atoms with Gasteiger partial charge in [-0.2, -0.15) is 0 Å². The second kappa shape index (κ2) is 7.18. The van der Waals surface area contributed by atoms with Crippen LogP contribution in [0.4, 0.5) is 4.39 Å². The summed E-state index contributed by atoms with van der Waals surface area (Å²) in [7, 11) is 1.74. The molecule has 3 N–H and O–H groups in total. The van der Waals surface area contributed by atoms with E-state index in [4.69, 9.17) is 10.6 Å². The summed E-state index contributed by atoms with van der Waals surface area (Å²) in [6, 6.07) is 4.90. The van der Waals surface area contributed by atoms with Crippen molar-refractivity contribution in [1.82, 2.24) is 5.43 Å². The van der Waals surface area contributed by atoms with Crippen LogP contribution in [0.2, 0.25) is 0 Å². The van der Waals surface area contributed by atoms with E-state index in [9.17, 15) is 4.39 Å². The fourth-order valence-corrected chi connectivity index (χ4v) is 3.91. The first kappa shape index (κ1) is 16.9. The van der Waals surface area contributed by atoms with Crippen LogP contribution in [0.15, 0.2) is 22.7 Å². The molecule has 0 radical (unpaired) electrons. The second-order valence-electron chi connectivity index (χ2n) is 6.13. The standard InChI is InChI=1S/C16H24BrFN2O/c1-11-4-3-7-16(10-11,21-2)15(20-19)9-12-8-13(17)5-6-14(12)18/h5-6,8,11,15,20H,3-4,7,9-10,19H2,1-2H3. The van der Waals surface area contributed by atoms with E-state index in [0.29, 0.717) is 17.9 Å².